The number of nitrogens with zero attached hydrogens (tertiary/aromatic N) is 1. The summed E-state index contributed by atoms with van der Waals surface area (Å²) >= 11 is 0. The lowest BCUT2D eigenvalue weighted by Gasteiger charge is -2.21. The van der Waals surface area contributed by atoms with Crippen molar-refractivity contribution in [3.8, 4) is 11.1 Å². The number of aldehydes is 1. The average molecular weight is 627 g/mol. The van der Waals surface area contributed by atoms with Crippen LogP contribution in [0.1, 0.15) is 55.8 Å². The molecule has 47 heavy (non-hydrogen) atoms. The van der Waals surface area contributed by atoms with Crippen LogP contribution in [0.5, 0.6) is 0 Å². The highest BCUT2D eigenvalue weighted by atomic mass is 19.1. The number of benzene rings is 5. The molecule has 5 heteroatoms. The van der Waals surface area contributed by atoms with Gasteiger partial charge in [0, 0.05) is 35.0 Å². The van der Waals surface area contributed by atoms with E-state index >= 15 is 0 Å². The van der Waals surface area contributed by atoms with E-state index in [0.717, 1.165) is 12.2 Å². The molecule has 0 saturated carbocycles. The van der Waals surface area contributed by atoms with Crippen molar-refractivity contribution >= 4 is 17.8 Å². The topological polar surface area (TPSA) is 49.4 Å². The van der Waals surface area contributed by atoms with Crippen molar-refractivity contribution in [3.63, 3.8) is 0 Å². The van der Waals surface area contributed by atoms with E-state index in [-0.39, 0.29) is 5.78 Å². The summed E-state index contributed by atoms with van der Waals surface area (Å²) < 4.78 is 12.7. The average Bonchev–Trinajstić information content (AvgIpc) is 3.53. The van der Waals surface area contributed by atoms with Crippen molar-refractivity contribution in [2.24, 2.45) is 0 Å². The molecule has 0 amide bonds. The van der Waals surface area contributed by atoms with Crippen LogP contribution in [0.25, 0.3) is 16.8 Å². The summed E-state index contributed by atoms with van der Waals surface area (Å²) in [5, 5.41) is 3.45. The second-order valence-corrected chi connectivity index (χ2v) is 11.7. The Labute approximate surface area is 278 Å². The van der Waals surface area contributed by atoms with Crippen LogP contribution in [0.2, 0.25) is 0 Å². The van der Waals surface area contributed by atoms with Crippen LogP contribution in [0.15, 0.2) is 134 Å². The largest absolute Gasteiger partial charge is 0.383 e. The number of nitrogens with one attached hydrogen (secondary N) is 1. The van der Waals surface area contributed by atoms with Crippen LogP contribution in [-0.2, 0) is 0 Å². The molecular formula is C42H43FN2O2. The Balaban J connectivity index is 0.000000161. The molecule has 1 aliphatic rings. The zero-order valence-electron chi connectivity index (χ0n) is 27.5. The molecule has 0 bridgehead atoms. The number of carbonyl (C=O) groups is 2. The molecule has 1 aliphatic heterocycles. The molecule has 5 aromatic carbocycles. The van der Waals surface area contributed by atoms with Gasteiger partial charge in [0.2, 0.25) is 0 Å². The highest BCUT2D eigenvalue weighted by molar-refractivity contribution is 6.12. The number of ketones is 1. The second kappa shape index (κ2) is 17.5. The standard InChI is InChI=1S/C15H22N2.C14H9FO2.C13H12/c1-12-6-8-14(9-7-12)13(2)16-11-15-5-4-10-17(15)3;15-12-7-5-10(6-8-12)14(17)13-4-2-1-3-11(13)9-16;1-11-7-5-6-10-13(11)12-8-3-2-4-9-12/h6-9,15-16H,2,4-5,10-11H2,1,3H3;1-9H;2-10H,1H3. The molecule has 4 nitrogen and oxygen atoms in total. The minimum Gasteiger partial charge on any atom is -0.383 e. The Bertz CT molecular complexity index is 1750. The first-order chi connectivity index (χ1) is 22.8. The van der Waals surface area contributed by atoms with Crippen LogP contribution in [0.4, 0.5) is 4.39 Å². The van der Waals surface area contributed by atoms with Crippen molar-refractivity contribution in [2.75, 3.05) is 20.1 Å². The van der Waals surface area contributed by atoms with Gasteiger partial charge in [-0.3, -0.25) is 9.59 Å². The lowest BCUT2D eigenvalue weighted by molar-refractivity contribution is 0.102. The number of hydrogen-bond acceptors (Lipinski definition) is 4. The van der Waals surface area contributed by atoms with E-state index in [0.29, 0.717) is 29.0 Å². The van der Waals surface area contributed by atoms with Crippen molar-refractivity contribution in [1.29, 1.82) is 0 Å². The Morgan fingerprint density at radius 3 is 2.09 bits per heavy atom. The van der Waals surface area contributed by atoms with Crippen molar-refractivity contribution in [3.05, 3.63) is 173 Å². The predicted octanol–water partition coefficient (Wildman–Crippen LogP) is 9.18. The molecule has 1 fully saturated rings. The Kier molecular flexibility index (Phi) is 13.0. The van der Waals surface area contributed by atoms with Gasteiger partial charge in [0.15, 0.2) is 12.1 Å². The lowest BCUT2D eigenvalue weighted by atomic mass is 9.99. The zero-order valence-corrected chi connectivity index (χ0v) is 27.5. The molecule has 240 valence electrons. The van der Waals surface area contributed by atoms with Gasteiger partial charge in [0.05, 0.1) is 0 Å². The first kappa shape index (κ1) is 34.7. The maximum absolute atomic E-state index is 12.7. The van der Waals surface area contributed by atoms with Gasteiger partial charge in [-0.15, -0.1) is 0 Å². The summed E-state index contributed by atoms with van der Waals surface area (Å²) in [6.45, 7) is 10.6. The molecule has 0 aliphatic carbocycles. The summed E-state index contributed by atoms with van der Waals surface area (Å²) in [5.74, 6) is -0.682. The van der Waals surface area contributed by atoms with E-state index < -0.39 is 5.82 Å². The molecule has 5 aromatic rings. The third-order valence-electron chi connectivity index (χ3n) is 8.29. The van der Waals surface area contributed by atoms with E-state index in [4.69, 9.17) is 0 Å². The monoisotopic (exact) mass is 626 g/mol. The van der Waals surface area contributed by atoms with Gasteiger partial charge in [-0.2, -0.15) is 0 Å². The molecule has 0 radical (unpaired) electrons. The molecule has 1 atom stereocenters. The fourth-order valence-electron chi connectivity index (χ4n) is 5.41. The van der Waals surface area contributed by atoms with E-state index in [1.54, 1.807) is 24.3 Å². The van der Waals surface area contributed by atoms with E-state index in [1.807, 2.05) is 6.07 Å². The summed E-state index contributed by atoms with van der Waals surface area (Å²) in [6, 6.07) is 39.9. The van der Waals surface area contributed by atoms with Gasteiger partial charge in [0.25, 0.3) is 0 Å². The molecule has 1 saturated heterocycles. The van der Waals surface area contributed by atoms with Gasteiger partial charge in [-0.05, 0) is 86.8 Å². The van der Waals surface area contributed by atoms with Crippen LogP contribution < -0.4 is 5.32 Å². The molecule has 1 unspecified atom stereocenters. The van der Waals surface area contributed by atoms with E-state index in [9.17, 15) is 14.0 Å². The maximum Gasteiger partial charge on any atom is 0.193 e. The summed E-state index contributed by atoms with van der Waals surface area (Å²) in [4.78, 5) is 25.3. The number of aryl methyl sites for hydroxylation is 2. The molecule has 0 aromatic heterocycles. The molecule has 1 N–H and O–H groups in total. The number of halogens is 1. The Morgan fingerprint density at radius 2 is 1.45 bits per heavy atom. The maximum atomic E-state index is 12.7. The third-order valence-corrected chi connectivity index (χ3v) is 8.29. The van der Waals surface area contributed by atoms with Gasteiger partial charge < -0.3 is 10.2 Å². The lowest BCUT2D eigenvalue weighted by Crippen LogP contribution is -2.34. The number of carbonyl (C=O) groups excluding carboxylic acids is 2. The van der Waals surface area contributed by atoms with E-state index in [1.165, 1.54) is 71.5 Å². The molecular weight excluding hydrogens is 583 g/mol. The zero-order chi connectivity index (χ0) is 33.6. The first-order valence-corrected chi connectivity index (χ1v) is 15.9. The fraction of sp³-hybridized carbons (Fsp3) is 0.190. The first-order valence-electron chi connectivity index (χ1n) is 15.9. The van der Waals surface area contributed by atoms with Crippen molar-refractivity contribution < 1.29 is 14.0 Å². The number of likely N-dealkylation sites (tertiary alicyclic amines) is 1. The van der Waals surface area contributed by atoms with Crippen molar-refractivity contribution in [1.82, 2.24) is 10.2 Å². The summed E-state index contributed by atoms with van der Waals surface area (Å²) in [6.07, 6.45) is 3.25. The van der Waals surface area contributed by atoms with Gasteiger partial charge in [-0.25, -0.2) is 4.39 Å². The minimum absolute atomic E-state index is 0.285. The Hall–Kier alpha value is -5.13. The van der Waals surface area contributed by atoms with Crippen LogP contribution in [0.3, 0.4) is 0 Å². The summed E-state index contributed by atoms with van der Waals surface area (Å²) in [5.41, 5.74) is 8.48. The van der Waals surface area contributed by atoms with E-state index in [2.05, 4.69) is 110 Å². The normalized spacial score (nSPS) is 13.7. The molecule has 0 spiro atoms. The van der Waals surface area contributed by atoms with Gasteiger partial charge in [-0.1, -0.05) is 115 Å². The number of likely N-dealkylation sites (N-methyl/N-ethyl adjacent to an activating group) is 1. The third kappa shape index (κ3) is 10.2. The van der Waals surface area contributed by atoms with Gasteiger partial charge in [0.1, 0.15) is 5.82 Å². The van der Waals surface area contributed by atoms with Crippen LogP contribution >= 0.6 is 0 Å². The highest BCUT2D eigenvalue weighted by Crippen LogP contribution is 2.22. The minimum atomic E-state index is -0.398. The van der Waals surface area contributed by atoms with Crippen molar-refractivity contribution in [2.45, 2.75) is 32.7 Å². The predicted molar refractivity (Wildman–Crippen MR) is 192 cm³/mol. The summed E-state index contributed by atoms with van der Waals surface area (Å²) in [7, 11) is 2.20. The highest BCUT2D eigenvalue weighted by Gasteiger charge is 2.20. The SMILES string of the molecule is C=C(NCC1CCCN1C)c1ccc(C)cc1.Cc1ccccc1-c1ccccc1.O=Cc1ccccc1C(=O)c1ccc(F)cc1. The molecule has 6 rings (SSSR count). The number of rotatable bonds is 8. The van der Waals surface area contributed by atoms with Crippen LogP contribution in [-0.4, -0.2) is 43.1 Å². The van der Waals surface area contributed by atoms with Crippen LogP contribution in [0, 0.1) is 19.7 Å². The number of hydrogen-bond donors (Lipinski definition) is 1. The smallest absolute Gasteiger partial charge is 0.193 e. The Morgan fingerprint density at radius 1 is 0.830 bits per heavy atom. The quantitative estimate of drug-likeness (QED) is 0.138. The van der Waals surface area contributed by atoms with Gasteiger partial charge >= 0.3 is 0 Å². The molecule has 1 heterocycles. The second-order valence-electron chi connectivity index (χ2n) is 11.7. The fourth-order valence-corrected chi connectivity index (χ4v) is 5.41.